The summed E-state index contributed by atoms with van der Waals surface area (Å²) in [6.45, 7) is 3.52. The van der Waals surface area contributed by atoms with Crippen molar-refractivity contribution >= 4 is 29.1 Å². The Hall–Kier alpha value is -3.90. The monoisotopic (exact) mass is 501 g/mol. The molecule has 0 saturated heterocycles. The zero-order chi connectivity index (χ0) is 25.4. The lowest BCUT2D eigenvalue weighted by molar-refractivity contribution is -0.120. The van der Waals surface area contributed by atoms with Gasteiger partial charge in [0.2, 0.25) is 5.91 Å². The van der Waals surface area contributed by atoms with E-state index in [2.05, 4.69) is 4.57 Å². The van der Waals surface area contributed by atoms with Crippen LogP contribution in [0, 0.1) is 5.82 Å². The highest BCUT2D eigenvalue weighted by molar-refractivity contribution is 6.30. The number of fused-ring (bicyclic) bond motifs is 3. The van der Waals surface area contributed by atoms with Crippen LogP contribution in [0.5, 0.6) is 0 Å². The average Bonchev–Trinajstić information content (AvgIpc) is 3.35. The SMILES string of the molecule is CC(C)N(CC(=O)N1c2ccccc2-n2cccc2C1c1cccc(Cl)c1)C(=O)c1cccc(F)c1. The molecule has 2 heterocycles. The molecule has 1 aliphatic rings. The van der Waals surface area contributed by atoms with Crippen LogP contribution in [0.25, 0.3) is 5.69 Å². The molecule has 1 aliphatic heterocycles. The van der Waals surface area contributed by atoms with E-state index >= 15 is 0 Å². The second-order valence-corrected chi connectivity index (χ2v) is 9.49. The van der Waals surface area contributed by atoms with Crippen LogP contribution in [0.1, 0.15) is 41.5 Å². The molecule has 1 aromatic heterocycles. The molecular formula is C29H25ClFN3O2. The van der Waals surface area contributed by atoms with Crippen LogP contribution in [0.3, 0.4) is 0 Å². The van der Waals surface area contributed by atoms with E-state index in [1.165, 1.54) is 23.1 Å². The number of hydrogen-bond donors (Lipinski definition) is 0. The van der Waals surface area contributed by atoms with Gasteiger partial charge in [0.25, 0.3) is 5.91 Å². The molecule has 4 aromatic rings. The van der Waals surface area contributed by atoms with Gasteiger partial charge in [-0.25, -0.2) is 4.39 Å². The zero-order valence-corrected chi connectivity index (χ0v) is 20.7. The second-order valence-electron chi connectivity index (χ2n) is 9.05. The first-order valence-electron chi connectivity index (χ1n) is 11.8. The number of carbonyl (C=O) groups excluding carboxylic acids is 2. The minimum absolute atomic E-state index is 0.168. The van der Waals surface area contributed by atoms with Crippen LogP contribution < -0.4 is 4.90 Å². The lowest BCUT2D eigenvalue weighted by atomic mass is 9.97. The molecule has 0 aliphatic carbocycles. The summed E-state index contributed by atoms with van der Waals surface area (Å²) in [5.74, 6) is -1.15. The first-order chi connectivity index (χ1) is 17.3. The van der Waals surface area contributed by atoms with Crippen LogP contribution in [0.15, 0.2) is 91.1 Å². The van der Waals surface area contributed by atoms with Crippen molar-refractivity contribution < 1.29 is 14.0 Å². The number of carbonyl (C=O) groups is 2. The van der Waals surface area contributed by atoms with Crippen LogP contribution >= 0.6 is 11.6 Å². The topological polar surface area (TPSA) is 45.6 Å². The van der Waals surface area contributed by atoms with E-state index in [4.69, 9.17) is 11.6 Å². The highest BCUT2D eigenvalue weighted by atomic mass is 35.5. The first-order valence-corrected chi connectivity index (χ1v) is 12.1. The maximum Gasteiger partial charge on any atom is 0.254 e. The smallest absolute Gasteiger partial charge is 0.254 e. The van der Waals surface area contributed by atoms with Crippen molar-refractivity contribution in [2.45, 2.75) is 25.9 Å². The number of nitrogens with zero attached hydrogens (tertiary/aromatic N) is 3. The Morgan fingerprint density at radius 2 is 1.69 bits per heavy atom. The van der Waals surface area contributed by atoms with E-state index in [1.54, 1.807) is 17.0 Å². The Morgan fingerprint density at radius 3 is 2.42 bits per heavy atom. The third-order valence-corrected chi connectivity index (χ3v) is 6.65. The summed E-state index contributed by atoms with van der Waals surface area (Å²) in [4.78, 5) is 30.6. The van der Waals surface area contributed by atoms with Gasteiger partial charge in [-0.2, -0.15) is 0 Å². The van der Waals surface area contributed by atoms with Crippen LogP contribution in [0.4, 0.5) is 10.1 Å². The van der Waals surface area contributed by atoms with Gasteiger partial charge >= 0.3 is 0 Å². The molecule has 0 saturated carbocycles. The Labute approximate surface area is 214 Å². The summed E-state index contributed by atoms with van der Waals surface area (Å²) in [6.07, 6.45) is 1.97. The maximum atomic E-state index is 14.1. The Kier molecular flexibility index (Phi) is 6.37. The number of benzene rings is 3. The van der Waals surface area contributed by atoms with Gasteiger partial charge in [0.1, 0.15) is 18.4 Å². The van der Waals surface area contributed by atoms with Crippen LogP contribution in [-0.2, 0) is 4.79 Å². The summed E-state index contributed by atoms with van der Waals surface area (Å²) in [5.41, 5.74) is 3.58. The molecular weight excluding hydrogens is 477 g/mol. The van der Waals surface area contributed by atoms with Crippen molar-refractivity contribution in [3.8, 4) is 5.69 Å². The molecule has 0 spiro atoms. The normalized spacial score (nSPS) is 14.4. The Balaban J connectivity index is 1.58. The van der Waals surface area contributed by atoms with E-state index in [0.717, 1.165) is 22.6 Å². The molecule has 5 nitrogen and oxygen atoms in total. The van der Waals surface area contributed by atoms with E-state index in [0.29, 0.717) is 5.02 Å². The van der Waals surface area contributed by atoms with Crippen LogP contribution in [0.2, 0.25) is 5.02 Å². The highest BCUT2D eigenvalue weighted by Gasteiger charge is 2.37. The van der Waals surface area contributed by atoms with Crippen molar-refractivity contribution in [3.63, 3.8) is 0 Å². The molecule has 0 radical (unpaired) electrons. The van der Waals surface area contributed by atoms with Crippen molar-refractivity contribution in [2.75, 3.05) is 11.4 Å². The number of aromatic nitrogens is 1. The van der Waals surface area contributed by atoms with Gasteiger partial charge in [0.15, 0.2) is 0 Å². The summed E-state index contributed by atoms with van der Waals surface area (Å²) >= 11 is 6.35. The third-order valence-electron chi connectivity index (χ3n) is 6.41. The number of hydrogen-bond acceptors (Lipinski definition) is 2. The summed E-state index contributed by atoms with van der Waals surface area (Å²) < 4.78 is 15.9. The van der Waals surface area contributed by atoms with Crippen molar-refractivity contribution in [2.24, 2.45) is 0 Å². The lowest BCUT2D eigenvalue weighted by Crippen LogP contribution is -2.48. The molecule has 2 amide bonds. The molecule has 0 N–H and O–H groups in total. The van der Waals surface area contributed by atoms with Crippen molar-refractivity contribution in [1.29, 1.82) is 0 Å². The van der Waals surface area contributed by atoms with Crippen molar-refractivity contribution in [3.05, 3.63) is 119 Å². The van der Waals surface area contributed by atoms with Gasteiger partial charge in [-0.05, 0) is 74.0 Å². The fourth-order valence-corrected chi connectivity index (χ4v) is 4.95. The molecule has 1 atom stereocenters. The minimum atomic E-state index is -0.498. The third kappa shape index (κ3) is 4.29. The lowest BCUT2D eigenvalue weighted by Gasteiger charge is -2.40. The number of halogens is 2. The van der Waals surface area contributed by atoms with Crippen molar-refractivity contribution in [1.82, 2.24) is 9.47 Å². The van der Waals surface area contributed by atoms with E-state index < -0.39 is 17.8 Å². The number of rotatable bonds is 5. The molecule has 7 heteroatoms. The highest BCUT2D eigenvalue weighted by Crippen LogP contribution is 2.42. The predicted molar refractivity (Wildman–Crippen MR) is 139 cm³/mol. The molecule has 182 valence electrons. The van der Waals surface area contributed by atoms with Gasteiger partial charge in [-0.3, -0.25) is 14.5 Å². The van der Waals surface area contributed by atoms with Crippen LogP contribution in [-0.4, -0.2) is 33.9 Å². The van der Waals surface area contributed by atoms with Gasteiger partial charge in [-0.15, -0.1) is 0 Å². The zero-order valence-electron chi connectivity index (χ0n) is 19.9. The van der Waals surface area contributed by atoms with Gasteiger partial charge < -0.3 is 9.47 Å². The summed E-state index contributed by atoms with van der Waals surface area (Å²) in [6, 6.07) is 23.9. The largest absolute Gasteiger partial charge is 0.327 e. The summed E-state index contributed by atoms with van der Waals surface area (Å²) in [5, 5.41) is 0.571. The number of anilines is 1. The molecule has 0 bridgehead atoms. The van der Waals surface area contributed by atoms with E-state index in [1.807, 2.05) is 74.6 Å². The Morgan fingerprint density at radius 1 is 0.944 bits per heavy atom. The quantitative estimate of drug-likeness (QED) is 0.324. The molecule has 36 heavy (non-hydrogen) atoms. The van der Waals surface area contributed by atoms with E-state index in [9.17, 15) is 14.0 Å². The maximum absolute atomic E-state index is 14.1. The van der Waals surface area contributed by atoms with E-state index in [-0.39, 0.29) is 24.1 Å². The van der Waals surface area contributed by atoms with Gasteiger partial charge in [-0.1, -0.05) is 41.9 Å². The van der Waals surface area contributed by atoms with Gasteiger partial charge in [0, 0.05) is 22.8 Å². The number of amides is 2. The fourth-order valence-electron chi connectivity index (χ4n) is 4.75. The Bertz CT molecular complexity index is 1450. The summed E-state index contributed by atoms with van der Waals surface area (Å²) in [7, 11) is 0. The molecule has 3 aromatic carbocycles. The molecule has 0 fully saturated rings. The van der Waals surface area contributed by atoms with Gasteiger partial charge in [0.05, 0.1) is 17.1 Å². The standard InChI is InChI=1S/C29H25ClFN3O2/c1-19(2)33(29(36)21-9-6-11-23(31)17-21)18-27(35)34-25-13-4-3-12-24(25)32-15-7-14-26(32)28(34)20-8-5-10-22(30)16-20/h3-17,19,28H,18H2,1-2H3. The fraction of sp³-hybridized carbons (Fsp3) is 0.172. The minimum Gasteiger partial charge on any atom is -0.327 e. The predicted octanol–water partition coefficient (Wildman–Crippen LogP) is 6.26. The second kappa shape index (κ2) is 9.63. The average molecular weight is 502 g/mol. The molecule has 5 rings (SSSR count). The number of para-hydroxylation sites is 2. The first kappa shape index (κ1) is 23.8. The molecule has 1 unspecified atom stereocenters.